The average Bonchev–Trinajstić information content (AvgIpc) is 2.04. The molecule has 0 aliphatic heterocycles. The Morgan fingerprint density at radius 3 is 2.10 bits per heavy atom. The first-order chi connectivity index (χ1) is 4.85. The van der Waals surface area contributed by atoms with E-state index in [2.05, 4.69) is 6.72 Å². The van der Waals surface area contributed by atoms with Crippen molar-refractivity contribution in [3.63, 3.8) is 0 Å². The quantitative estimate of drug-likeness (QED) is 0.335. The lowest BCUT2D eigenvalue weighted by atomic mass is 10.3. The second-order valence-electron chi connectivity index (χ2n) is 1.36. The molecule has 54 valence electrons. The molecule has 0 spiro atoms. The van der Waals surface area contributed by atoms with Crippen molar-refractivity contribution in [3.8, 4) is 6.07 Å². The zero-order valence-corrected chi connectivity index (χ0v) is 6.39. The minimum Gasteiger partial charge on any atom is -0.317 e. The zero-order valence-electron chi connectivity index (χ0n) is 6.39. The molecule has 0 aliphatic carbocycles. The first kappa shape index (κ1) is 11.4. The largest absolute Gasteiger partial charge is 0.317 e. The molecule has 0 saturated carbocycles. The molecule has 0 rings (SSSR count). The van der Waals surface area contributed by atoms with Gasteiger partial charge in [0.05, 0.1) is 6.07 Å². The van der Waals surface area contributed by atoms with E-state index in [0.717, 1.165) is 0 Å². The summed E-state index contributed by atoms with van der Waals surface area (Å²) in [6, 6.07) is 2.03. The van der Waals surface area contributed by atoms with Crippen molar-refractivity contribution in [3.05, 3.63) is 23.8 Å². The number of nitrogens with one attached hydrogen (secondary N) is 1. The van der Waals surface area contributed by atoms with Crippen molar-refractivity contribution in [1.29, 1.82) is 10.7 Å². The van der Waals surface area contributed by atoms with E-state index in [1.54, 1.807) is 12.2 Å². The van der Waals surface area contributed by atoms with E-state index < -0.39 is 0 Å². The van der Waals surface area contributed by atoms with Gasteiger partial charge in [-0.15, -0.1) is 0 Å². The van der Waals surface area contributed by atoms with Gasteiger partial charge >= 0.3 is 0 Å². The van der Waals surface area contributed by atoms with Gasteiger partial charge in [-0.1, -0.05) is 12.2 Å². The molecule has 0 atom stereocenters. The maximum Gasteiger partial charge on any atom is 0.0987 e. The smallest absolute Gasteiger partial charge is 0.0987 e. The van der Waals surface area contributed by atoms with E-state index in [-0.39, 0.29) is 0 Å². The summed E-state index contributed by atoms with van der Waals surface area (Å²) in [5.41, 5.74) is 0.715. The summed E-state index contributed by atoms with van der Waals surface area (Å²) in [5, 5.41) is 13.8. The van der Waals surface area contributed by atoms with Gasteiger partial charge in [0.2, 0.25) is 0 Å². The molecule has 0 amide bonds. The molecule has 0 aromatic carbocycles. The van der Waals surface area contributed by atoms with Crippen LogP contribution in [0.15, 0.2) is 23.8 Å². The number of rotatable bonds is 1. The SMILES string of the molecule is C/C=C\C(C#N)=C\C.C=N. The number of allylic oxidation sites excluding steroid dienone is 4. The highest BCUT2D eigenvalue weighted by Crippen LogP contribution is 1.91. The van der Waals surface area contributed by atoms with Gasteiger partial charge in [-0.25, -0.2) is 0 Å². The van der Waals surface area contributed by atoms with Crippen LogP contribution in [0.2, 0.25) is 0 Å². The Morgan fingerprint density at radius 1 is 1.50 bits per heavy atom. The topological polar surface area (TPSA) is 47.6 Å². The molecule has 0 heterocycles. The molecule has 0 saturated heterocycles. The van der Waals surface area contributed by atoms with Gasteiger partial charge in [0.15, 0.2) is 0 Å². The highest BCUT2D eigenvalue weighted by molar-refractivity contribution is 5.31. The normalized spacial score (nSPS) is 9.90. The predicted molar refractivity (Wildman–Crippen MR) is 44.0 cm³/mol. The first-order valence-electron chi connectivity index (χ1n) is 2.89. The summed E-state index contributed by atoms with van der Waals surface area (Å²) in [5.74, 6) is 0. The van der Waals surface area contributed by atoms with E-state index >= 15 is 0 Å². The molecule has 0 bridgehead atoms. The summed E-state index contributed by atoms with van der Waals surface area (Å²) < 4.78 is 0. The second-order valence-corrected chi connectivity index (χ2v) is 1.36. The summed E-state index contributed by atoms with van der Waals surface area (Å²) in [6.45, 7) is 6.24. The standard InChI is InChI=1S/C7H9N.CH3N/c1-3-5-7(4-2)6-8;1-2/h3-5H,1-2H3;2H,1H2/b5-3-,7-4-;. The molecule has 0 unspecified atom stereocenters. The maximum absolute atomic E-state index is 8.29. The Kier molecular flexibility index (Phi) is 12.1. The van der Waals surface area contributed by atoms with E-state index in [1.807, 2.05) is 26.0 Å². The van der Waals surface area contributed by atoms with Gasteiger partial charge in [0, 0.05) is 5.57 Å². The summed E-state index contributed by atoms with van der Waals surface area (Å²) in [7, 11) is 0. The van der Waals surface area contributed by atoms with Crippen LogP contribution in [0.3, 0.4) is 0 Å². The van der Waals surface area contributed by atoms with Crippen molar-refractivity contribution >= 4 is 6.72 Å². The minimum absolute atomic E-state index is 0.715. The van der Waals surface area contributed by atoms with Crippen LogP contribution in [-0.4, -0.2) is 6.72 Å². The van der Waals surface area contributed by atoms with Crippen LogP contribution in [0.1, 0.15) is 13.8 Å². The third-order valence-corrected chi connectivity index (χ3v) is 0.786. The van der Waals surface area contributed by atoms with Gasteiger partial charge in [0.25, 0.3) is 0 Å². The summed E-state index contributed by atoms with van der Waals surface area (Å²) >= 11 is 0. The molecular weight excluding hydrogens is 124 g/mol. The second kappa shape index (κ2) is 10.6. The van der Waals surface area contributed by atoms with Crippen molar-refractivity contribution < 1.29 is 0 Å². The van der Waals surface area contributed by atoms with Gasteiger partial charge in [0.1, 0.15) is 0 Å². The Hall–Kier alpha value is -1.36. The molecule has 0 radical (unpaired) electrons. The Bertz CT molecular complexity index is 161. The molecule has 10 heavy (non-hydrogen) atoms. The number of nitrogens with zero attached hydrogens (tertiary/aromatic N) is 1. The van der Waals surface area contributed by atoms with Crippen LogP contribution in [0.4, 0.5) is 0 Å². The van der Waals surface area contributed by atoms with E-state index in [9.17, 15) is 0 Å². The predicted octanol–water partition coefficient (Wildman–Crippen LogP) is 2.30. The Morgan fingerprint density at radius 2 is 2.00 bits per heavy atom. The van der Waals surface area contributed by atoms with Crippen LogP contribution >= 0.6 is 0 Å². The molecule has 0 aromatic heterocycles. The fourth-order valence-electron chi connectivity index (χ4n) is 0.378. The molecule has 2 heteroatoms. The number of hydrogen-bond acceptors (Lipinski definition) is 2. The Balaban J connectivity index is 0. The fourth-order valence-corrected chi connectivity index (χ4v) is 0.378. The Labute approximate surface area is 62.0 Å². The third-order valence-electron chi connectivity index (χ3n) is 0.786. The summed E-state index contributed by atoms with van der Waals surface area (Å²) in [4.78, 5) is 0. The van der Waals surface area contributed by atoms with Gasteiger partial charge in [-0.3, -0.25) is 0 Å². The van der Waals surface area contributed by atoms with Crippen LogP contribution in [0.25, 0.3) is 0 Å². The van der Waals surface area contributed by atoms with E-state index in [1.165, 1.54) is 0 Å². The highest BCUT2D eigenvalue weighted by Gasteiger charge is 1.78. The molecule has 1 N–H and O–H groups in total. The minimum atomic E-state index is 0.715. The average molecular weight is 136 g/mol. The lowest BCUT2D eigenvalue weighted by Gasteiger charge is -1.78. The maximum atomic E-state index is 8.29. The van der Waals surface area contributed by atoms with E-state index in [4.69, 9.17) is 10.7 Å². The highest BCUT2D eigenvalue weighted by atomic mass is 14.2. The molecule has 0 fully saturated rings. The first-order valence-corrected chi connectivity index (χ1v) is 2.89. The molecular formula is C8H12N2. The fraction of sp³-hybridized carbons (Fsp3) is 0.250. The molecule has 0 aromatic rings. The lowest BCUT2D eigenvalue weighted by molar-refractivity contribution is 1.48. The van der Waals surface area contributed by atoms with Crippen LogP contribution in [0.5, 0.6) is 0 Å². The van der Waals surface area contributed by atoms with Crippen molar-refractivity contribution in [1.82, 2.24) is 0 Å². The number of nitriles is 1. The summed E-state index contributed by atoms with van der Waals surface area (Å²) in [6.07, 6.45) is 5.40. The van der Waals surface area contributed by atoms with Crippen LogP contribution in [-0.2, 0) is 0 Å². The lowest BCUT2D eigenvalue weighted by Crippen LogP contribution is -1.65. The zero-order chi connectivity index (χ0) is 8.41. The van der Waals surface area contributed by atoms with Crippen molar-refractivity contribution in [2.45, 2.75) is 13.8 Å². The van der Waals surface area contributed by atoms with Crippen LogP contribution in [0, 0.1) is 16.7 Å². The van der Waals surface area contributed by atoms with Gasteiger partial charge < -0.3 is 5.41 Å². The van der Waals surface area contributed by atoms with Gasteiger partial charge in [-0.05, 0) is 26.6 Å². The molecule has 0 aliphatic rings. The number of hydrogen-bond donors (Lipinski definition) is 1. The third kappa shape index (κ3) is 6.64. The van der Waals surface area contributed by atoms with Gasteiger partial charge in [-0.2, -0.15) is 5.26 Å². The molecule has 2 nitrogen and oxygen atoms in total. The van der Waals surface area contributed by atoms with Crippen molar-refractivity contribution in [2.24, 2.45) is 0 Å². The van der Waals surface area contributed by atoms with Crippen molar-refractivity contribution in [2.75, 3.05) is 0 Å². The van der Waals surface area contributed by atoms with E-state index in [0.29, 0.717) is 5.57 Å². The van der Waals surface area contributed by atoms with Crippen LogP contribution < -0.4 is 0 Å². The monoisotopic (exact) mass is 136 g/mol.